The van der Waals surface area contributed by atoms with Gasteiger partial charge in [-0.05, 0) is 19.8 Å². The number of carbonyl (C=O) groups excluding carboxylic acids is 3. The lowest BCUT2D eigenvalue weighted by Crippen LogP contribution is -2.45. The zero-order chi connectivity index (χ0) is 19.1. The summed E-state index contributed by atoms with van der Waals surface area (Å²) >= 11 is 0. The van der Waals surface area contributed by atoms with Crippen LogP contribution in [-0.4, -0.2) is 55.3 Å². The van der Waals surface area contributed by atoms with Crippen LogP contribution < -0.4 is 14.8 Å². The van der Waals surface area contributed by atoms with E-state index in [9.17, 15) is 14.4 Å². The predicted molar refractivity (Wildman–Crippen MR) is 89.0 cm³/mol. The lowest BCUT2D eigenvalue weighted by Gasteiger charge is -2.19. The van der Waals surface area contributed by atoms with Gasteiger partial charge >= 0.3 is 11.9 Å². The maximum Gasteiger partial charge on any atom is 0.331 e. The van der Waals surface area contributed by atoms with Gasteiger partial charge in [0, 0.05) is 25.8 Å². The molecule has 1 amide bonds. The molecule has 1 fully saturated rings. The molecule has 0 aromatic carbocycles. The summed E-state index contributed by atoms with van der Waals surface area (Å²) in [6.07, 6.45) is 2.50. The van der Waals surface area contributed by atoms with E-state index in [0.717, 1.165) is 6.42 Å². The molecule has 1 saturated heterocycles. The molecule has 9 nitrogen and oxygen atoms in total. The zero-order valence-electron chi connectivity index (χ0n) is 14.9. The molecule has 2 heterocycles. The molecule has 1 aromatic heterocycles. The fourth-order valence-electron chi connectivity index (χ4n) is 2.40. The summed E-state index contributed by atoms with van der Waals surface area (Å²) in [5.74, 6) is -1.89. The van der Waals surface area contributed by atoms with E-state index in [1.807, 2.05) is 0 Å². The fraction of sp³-hybridized carbons (Fsp3) is 0.529. The Morgan fingerprint density at radius 1 is 1.38 bits per heavy atom. The summed E-state index contributed by atoms with van der Waals surface area (Å²) in [4.78, 5) is 40.1. The second-order valence-electron chi connectivity index (χ2n) is 5.78. The number of aromatic nitrogens is 1. The van der Waals surface area contributed by atoms with Crippen LogP contribution in [0.1, 0.15) is 37.2 Å². The van der Waals surface area contributed by atoms with Crippen molar-refractivity contribution in [3.05, 3.63) is 18.0 Å². The van der Waals surface area contributed by atoms with Gasteiger partial charge in [0.1, 0.15) is 0 Å². The first-order valence-electron chi connectivity index (χ1n) is 8.23. The lowest BCUT2D eigenvalue weighted by atomic mass is 10.2. The molecule has 0 spiro atoms. The van der Waals surface area contributed by atoms with Gasteiger partial charge in [-0.1, -0.05) is 0 Å². The molecular weight excluding hydrogens is 344 g/mol. The van der Waals surface area contributed by atoms with E-state index in [2.05, 4.69) is 10.3 Å². The van der Waals surface area contributed by atoms with Crippen LogP contribution >= 0.6 is 0 Å². The molecule has 2 rings (SSSR count). The second-order valence-corrected chi connectivity index (χ2v) is 5.78. The van der Waals surface area contributed by atoms with E-state index in [1.54, 1.807) is 6.92 Å². The minimum Gasteiger partial charge on any atom is -0.493 e. The molecule has 1 N–H and O–H groups in total. The molecular formula is C17H22N2O7. The first kappa shape index (κ1) is 19.6. The van der Waals surface area contributed by atoms with Crippen LogP contribution in [0, 0.1) is 0 Å². The number of methoxy groups -OCH3 is 1. The number of ether oxygens (including phenoxy) is 4. The van der Waals surface area contributed by atoms with E-state index in [0.29, 0.717) is 13.0 Å². The highest BCUT2D eigenvalue weighted by atomic mass is 16.6. The Hall–Kier alpha value is -2.68. The third-order valence-electron chi connectivity index (χ3n) is 3.64. The van der Waals surface area contributed by atoms with Crippen LogP contribution in [0.2, 0.25) is 0 Å². The fourth-order valence-corrected chi connectivity index (χ4v) is 2.40. The topological polar surface area (TPSA) is 113 Å². The van der Waals surface area contributed by atoms with Crippen molar-refractivity contribution in [3.63, 3.8) is 0 Å². The standard InChI is InChI=1S/C17H22N2O7/c1-10-5-4-8-24-9-12(17(22)25-10)19-16(21)14-15(26-11(2)20)13(23-3)6-7-18-14/h6-7,10,12H,4-5,8-9H2,1-3H3,(H,19,21)/t10?,12-/m0/s1. The number of hydrogen-bond donors (Lipinski definition) is 1. The van der Waals surface area contributed by atoms with Crippen molar-refractivity contribution in [2.75, 3.05) is 20.3 Å². The zero-order valence-corrected chi connectivity index (χ0v) is 14.9. The number of amides is 1. The van der Waals surface area contributed by atoms with Crippen molar-refractivity contribution < 1.29 is 33.3 Å². The number of nitrogens with one attached hydrogen (secondary N) is 1. The van der Waals surface area contributed by atoms with Crippen molar-refractivity contribution in [3.8, 4) is 11.5 Å². The summed E-state index contributed by atoms with van der Waals surface area (Å²) in [7, 11) is 1.37. The van der Waals surface area contributed by atoms with Gasteiger partial charge in [-0.15, -0.1) is 0 Å². The van der Waals surface area contributed by atoms with Crippen LogP contribution in [0.5, 0.6) is 11.5 Å². The Kier molecular flexibility index (Phi) is 6.90. The summed E-state index contributed by atoms with van der Waals surface area (Å²) < 4.78 is 20.9. The van der Waals surface area contributed by atoms with Crippen molar-refractivity contribution >= 4 is 17.8 Å². The quantitative estimate of drug-likeness (QED) is 0.781. The Balaban J connectivity index is 2.22. The third-order valence-corrected chi connectivity index (χ3v) is 3.64. The molecule has 1 aliphatic heterocycles. The number of nitrogens with zero attached hydrogens (tertiary/aromatic N) is 1. The minimum atomic E-state index is -0.999. The molecule has 142 valence electrons. The minimum absolute atomic E-state index is 0.0237. The number of pyridine rings is 1. The highest BCUT2D eigenvalue weighted by molar-refractivity contribution is 5.98. The molecule has 9 heteroatoms. The number of esters is 2. The van der Waals surface area contributed by atoms with Crippen LogP contribution in [0.3, 0.4) is 0 Å². The molecule has 0 saturated carbocycles. The third kappa shape index (κ3) is 5.16. The molecule has 1 aromatic rings. The average Bonchev–Trinajstić information content (AvgIpc) is 2.66. The number of hydrogen-bond acceptors (Lipinski definition) is 8. The maximum atomic E-state index is 12.6. The van der Waals surface area contributed by atoms with Gasteiger partial charge < -0.3 is 24.3 Å². The average molecular weight is 366 g/mol. The molecule has 1 aliphatic rings. The van der Waals surface area contributed by atoms with Crippen molar-refractivity contribution in [2.24, 2.45) is 0 Å². The smallest absolute Gasteiger partial charge is 0.331 e. The SMILES string of the molecule is COc1ccnc(C(=O)N[C@H]2COCCCC(C)OC2=O)c1OC(C)=O. The molecule has 0 bridgehead atoms. The summed E-state index contributed by atoms with van der Waals surface area (Å²) in [6.45, 7) is 3.41. The summed E-state index contributed by atoms with van der Waals surface area (Å²) in [6, 6.07) is 0.454. The highest BCUT2D eigenvalue weighted by Gasteiger charge is 2.29. The van der Waals surface area contributed by atoms with Crippen LogP contribution in [0.4, 0.5) is 0 Å². The van der Waals surface area contributed by atoms with E-state index in [-0.39, 0.29) is 29.9 Å². The highest BCUT2D eigenvalue weighted by Crippen LogP contribution is 2.29. The maximum absolute atomic E-state index is 12.6. The van der Waals surface area contributed by atoms with E-state index < -0.39 is 23.9 Å². The number of rotatable bonds is 4. The lowest BCUT2D eigenvalue weighted by molar-refractivity contribution is -0.151. The van der Waals surface area contributed by atoms with E-state index in [1.165, 1.54) is 26.3 Å². The van der Waals surface area contributed by atoms with Gasteiger partial charge in [0.2, 0.25) is 5.75 Å². The number of carbonyl (C=O) groups is 3. The van der Waals surface area contributed by atoms with Gasteiger partial charge in [-0.2, -0.15) is 0 Å². The van der Waals surface area contributed by atoms with Gasteiger partial charge in [0.05, 0.1) is 19.8 Å². The van der Waals surface area contributed by atoms with Crippen molar-refractivity contribution in [2.45, 2.75) is 38.8 Å². The largest absolute Gasteiger partial charge is 0.493 e. The first-order chi connectivity index (χ1) is 12.4. The van der Waals surface area contributed by atoms with Gasteiger partial charge in [-0.25, -0.2) is 9.78 Å². The van der Waals surface area contributed by atoms with Crippen LogP contribution in [-0.2, 0) is 19.1 Å². The molecule has 26 heavy (non-hydrogen) atoms. The Morgan fingerprint density at radius 2 is 2.15 bits per heavy atom. The second kappa shape index (κ2) is 9.14. The number of cyclic esters (lactones) is 1. The Bertz CT molecular complexity index is 677. The normalized spacial score (nSPS) is 20.8. The van der Waals surface area contributed by atoms with E-state index in [4.69, 9.17) is 18.9 Å². The Labute approximate surface area is 151 Å². The summed E-state index contributed by atoms with van der Waals surface area (Å²) in [5, 5.41) is 2.52. The van der Waals surface area contributed by atoms with Gasteiger partial charge in [0.25, 0.3) is 5.91 Å². The summed E-state index contributed by atoms with van der Waals surface area (Å²) in [5.41, 5.74) is -0.180. The van der Waals surface area contributed by atoms with E-state index >= 15 is 0 Å². The molecule has 2 atom stereocenters. The molecule has 0 aliphatic carbocycles. The van der Waals surface area contributed by atoms with Crippen LogP contribution in [0.25, 0.3) is 0 Å². The molecule has 0 radical (unpaired) electrons. The van der Waals surface area contributed by atoms with Gasteiger partial charge in [0.15, 0.2) is 17.5 Å². The van der Waals surface area contributed by atoms with Gasteiger partial charge in [-0.3, -0.25) is 9.59 Å². The van der Waals surface area contributed by atoms with Crippen LogP contribution in [0.15, 0.2) is 12.3 Å². The van der Waals surface area contributed by atoms with Crippen molar-refractivity contribution in [1.29, 1.82) is 0 Å². The predicted octanol–water partition coefficient (Wildman–Crippen LogP) is 0.856. The monoisotopic (exact) mass is 366 g/mol. The first-order valence-corrected chi connectivity index (χ1v) is 8.23. The Morgan fingerprint density at radius 3 is 2.85 bits per heavy atom. The molecule has 1 unspecified atom stereocenters. The van der Waals surface area contributed by atoms with Crippen molar-refractivity contribution in [1.82, 2.24) is 10.3 Å².